The summed E-state index contributed by atoms with van der Waals surface area (Å²) >= 11 is 6.77. The van der Waals surface area contributed by atoms with Gasteiger partial charge in [0.25, 0.3) is 0 Å². The smallest absolute Gasteiger partial charge is 0.318 e. The van der Waals surface area contributed by atoms with Gasteiger partial charge in [0.15, 0.2) is 0 Å². The number of nitrogens with zero attached hydrogens (tertiary/aromatic N) is 7. The van der Waals surface area contributed by atoms with Crippen molar-refractivity contribution in [3.05, 3.63) is 64.8 Å². The zero-order chi connectivity index (χ0) is 33.0. The van der Waals surface area contributed by atoms with E-state index in [2.05, 4.69) is 57.4 Å². The van der Waals surface area contributed by atoms with E-state index in [0.29, 0.717) is 57.4 Å². The Morgan fingerprint density at radius 2 is 1.92 bits per heavy atom. The number of fused-ring (bicyclic) bond motifs is 2. The van der Waals surface area contributed by atoms with Gasteiger partial charge in [-0.25, -0.2) is 0 Å². The number of carbonyl (C=O) groups excluding carboxylic acids is 1. The van der Waals surface area contributed by atoms with Crippen molar-refractivity contribution < 1.29 is 9.53 Å². The van der Waals surface area contributed by atoms with Gasteiger partial charge in [-0.3, -0.25) is 4.79 Å². The van der Waals surface area contributed by atoms with Gasteiger partial charge in [0, 0.05) is 67.5 Å². The van der Waals surface area contributed by atoms with E-state index in [1.54, 1.807) is 6.08 Å². The first-order valence-electron chi connectivity index (χ1n) is 17.5. The van der Waals surface area contributed by atoms with Gasteiger partial charge in [0.1, 0.15) is 12.4 Å². The molecule has 48 heavy (non-hydrogen) atoms. The van der Waals surface area contributed by atoms with E-state index in [9.17, 15) is 10.1 Å². The van der Waals surface area contributed by atoms with Crippen molar-refractivity contribution in [1.29, 1.82) is 5.26 Å². The van der Waals surface area contributed by atoms with Crippen LogP contribution < -0.4 is 19.9 Å². The molecule has 11 heteroatoms. The Morgan fingerprint density at radius 3 is 2.71 bits per heavy atom. The summed E-state index contributed by atoms with van der Waals surface area (Å²) in [5, 5.41) is 16.1. The first kappa shape index (κ1) is 32.6. The van der Waals surface area contributed by atoms with E-state index in [1.807, 2.05) is 23.1 Å². The van der Waals surface area contributed by atoms with Gasteiger partial charge in [0.2, 0.25) is 5.91 Å². The molecule has 3 aromatic rings. The molecule has 2 atom stereocenters. The molecule has 4 aliphatic rings. The molecule has 1 aromatic heterocycles. The van der Waals surface area contributed by atoms with E-state index in [1.165, 1.54) is 19.3 Å². The van der Waals surface area contributed by atoms with Crippen LogP contribution in [0.1, 0.15) is 49.8 Å². The second kappa shape index (κ2) is 14.7. The fourth-order valence-corrected chi connectivity index (χ4v) is 7.69. The largest absolute Gasteiger partial charge is 0.462 e. The normalized spacial score (nSPS) is 21.8. The third kappa shape index (κ3) is 7.24. The molecule has 0 unspecified atom stereocenters. The summed E-state index contributed by atoms with van der Waals surface area (Å²) in [6.07, 6.45) is 10.3. The Hall–Kier alpha value is -3.91. The number of halogens is 1. The molecule has 1 aliphatic carbocycles. The average Bonchev–Trinajstić information content (AvgIpc) is 3.87. The number of likely N-dealkylation sites (N-methyl/N-ethyl adjacent to an activating group) is 1. The summed E-state index contributed by atoms with van der Waals surface area (Å²) in [4.78, 5) is 32.2. The summed E-state index contributed by atoms with van der Waals surface area (Å²) in [6.45, 7) is 5.44. The number of nitriles is 1. The fraction of sp³-hybridized carbons (Fsp3) is 0.514. The molecular weight excluding hydrogens is 624 g/mol. The zero-order valence-corrected chi connectivity index (χ0v) is 28.5. The van der Waals surface area contributed by atoms with Gasteiger partial charge in [-0.05, 0) is 69.6 Å². The maximum Gasteiger partial charge on any atom is 0.318 e. The van der Waals surface area contributed by atoms with Crippen molar-refractivity contribution in [2.75, 3.05) is 62.7 Å². The van der Waals surface area contributed by atoms with Crippen molar-refractivity contribution in [1.82, 2.24) is 25.1 Å². The average molecular weight is 669 g/mol. The molecular formula is C37H45ClN8O2. The maximum absolute atomic E-state index is 13.3. The van der Waals surface area contributed by atoms with Crippen molar-refractivity contribution in [2.24, 2.45) is 0 Å². The minimum absolute atomic E-state index is 0.0388. The van der Waals surface area contributed by atoms with Crippen LogP contribution in [0, 0.1) is 11.3 Å². The lowest BCUT2D eigenvalue weighted by atomic mass is 10.1. The van der Waals surface area contributed by atoms with Crippen molar-refractivity contribution >= 4 is 39.8 Å². The second-order valence-electron chi connectivity index (χ2n) is 13.6. The number of anilines is 2. The van der Waals surface area contributed by atoms with E-state index in [4.69, 9.17) is 26.3 Å². The highest BCUT2D eigenvalue weighted by molar-refractivity contribution is 6.36. The quantitative estimate of drug-likeness (QED) is 0.301. The molecule has 1 saturated carbocycles. The number of likely N-dealkylation sites (tertiary alicyclic amines) is 1. The molecule has 3 aliphatic heterocycles. The van der Waals surface area contributed by atoms with Gasteiger partial charge in [0.05, 0.1) is 35.8 Å². The van der Waals surface area contributed by atoms with Crippen LogP contribution >= 0.6 is 11.6 Å². The van der Waals surface area contributed by atoms with Crippen molar-refractivity contribution in [3.8, 4) is 12.1 Å². The lowest BCUT2D eigenvalue weighted by Crippen LogP contribution is -2.55. The second-order valence-corrected chi connectivity index (χ2v) is 14.0. The molecule has 10 nitrogen and oxygen atoms in total. The number of ether oxygens (including phenoxy) is 1. The number of carbonyl (C=O) groups is 1. The lowest BCUT2D eigenvalue weighted by molar-refractivity contribution is -0.128. The molecule has 2 saturated heterocycles. The number of hydrogen-bond donors (Lipinski definition) is 1. The summed E-state index contributed by atoms with van der Waals surface area (Å²) in [7, 11) is 2.15. The molecule has 2 aromatic carbocycles. The summed E-state index contributed by atoms with van der Waals surface area (Å²) in [6, 6.07) is 15.8. The fourth-order valence-electron chi connectivity index (χ4n) is 7.42. The van der Waals surface area contributed by atoms with Gasteiger partial charge < -0.3 is 29.7 Å². The van der Waals surface area contributed by atoms with Crippen LogP contribution in [-0.4, -0.2) is 96.7 Å². The molecule has 0 spiro atoms. The molecule has 252 valence electrons. The van der Waals surface area contributed by atoms with Crippen LogP contribution in [0.3, 0.4) is 0 Å². The summed E-state index contributed by atoms with van der Waals surface area (Å²) < 4.78 is 6.38. The van der Waals surface area contributed by atoms with Crippen LogP contribution in [-0.2, 0) is 17.8 Å². The maximum atomic E-state index is 13.3. The molecule has 1 amide bonds. The number of amides is 1. The van der Waals surface area contributed by atoms with Crippen LogP contribution in [0.25, 0.3) is 10.8 Å². The highest BCUT2D eigenvalue weighted by atomic mass is 35.5. The summed E-state index contributed by atoms with van der Waals surface area (Å²) in [5.41, 5.74) is 3.18. The third-order valence-corrected chi connectivity index (χ3v) is 10.6. The van der Waals surface area contributed by atoms with E-state index < -0.39 is 0 Å². The monoisotopic (exact) mass is 668 g/mol. The number of aromatic nitrogens is 2. The van der Waals surface area contributed by atoms with Gasteiger partial charge in [-0.2, -0.15) is 15.2 Å². The van der Waals surface area contributed by atoms with Crippen molar-refractivity contribution in [2.45, 2.75) is 69.6 Å². The number of benzene rings is 2. The zero-order valence-electron chi connectivity index (χ0n) is 27.8. The Morgan fingerprint density at radius 1 is 1.06 bits per heavy atom. The highest BCUT2D eigenvalue weighted by Crippen LogP contribution is 2.37. The predicted octanol–water partition coefficient (Wildman–Crippen LogP) is 4.95. The standard InChI is InChI=1S/C37H45ClN8O2/c1-43-19-5-9-29(43)25-48-37-41-32-24-44(33-12-3-8-26-7-2-11-31(38)35(26)33)20-6-10-30(32)36(42-37)45-21-22-46(28(23-45)16-17-39)34(47)13-4-18-40-27-14-15-27/h2-4,7-8,11-13,27-29,40H,5-6,9-10,14-16,18-25H2,1H3/b13-4+/t28-,29-/m0/s1. The van der Waals surface area contributed by atoms with E-state index in [0.717, 1.165) is 70.9 Å². The van der Waals surface area contributed by atoms with Crippen LogP contribution in [0.5, 0.6) is 6.01 Å². The molecule has 0 bridgehead atoms. The molecule has 4 heterocycles. The van der Waals surface area contributed by atoms with Crippen LogP contribution in [0.15, 0.2) is 48.6 Å². The van der Waals surface area contributed by atoms with Gasteiger partial charge in [-0.1, -0.05) is 41.9 Å². The number of rotatable bonds is 10. The Kier molecular flexibility index (Phi) is 9.98. The molecule has 7 rings (SSSR count). The van der Waals surface area contributed by atoms with Crippen LogP contribution in [0.4, 0.5) is 11.5 Å². The Bertz CT molecular complexity index is 1700. The number of nitrogens with one attached hydrogen (secondary N) is 1. The Balaban J connectivity index is 1.17. The first-order chi connectivity index (χ1) is 23.5. The minimum Gasteiger partial charge on any atom is -0.462 e. The molecule has 3 fully saturated rings. The third-order valence-electron chi connectivity index (χ3n) is 10.2. The Labute approximate surface area is 288 Å². The van der Waals surface area contributed by atoms with E-state index >= 15 is 0 Å². The topological polar surface area (TPSA) is 101 Å². The van der Waals surface area contributed by atoms with E-state index in [-0.39, 0.29) is 18.4 Å². The highest BCUT2D eigenvalue weighted by Gasteiger charge is 2.33. The molecule has 0 radical (unpaired) electrons. The van der Waals surface area contributed by atoms with Gasteiger partial charge >= 0.3 is 6.01 Å². The number of hydrogen-bond acceptors (Lipinski definition) is 9. The van der Waals surface area contributed by atoms with Crippen molar-refractivity contribution in [3.63, 3.8) is 0 Å². The van der Waals surface area contributed by atoms with Crippen LogP contribution in [0.2, 0.25) is 5.02 Å². The lowest BCUT2D eigenvalue weighted by Gasteiger charge is -2.41. The first-order valence-corrected chi connectivity index (χ1v) is 17.8. The minimum atomic E-state index is -0.237. The van der Waals surface area contributed by atoms with Gasteiger partial charge in [-0.15, -0.1) is 0 Å². The SMILES string of the molecule is CN1CCC[C@H]1COc1nc2c(c(N3CCN(C(=O)/C=C/CNC4CC4)[C@@H](CC#N)C3)n1)CCCN(c1cccc3cccc(Cl)c13)C2. The number of piperazine rings is 1. The molecule has 1 N–H and O–H groups in total. The summed E-state index contributed by atoms with van der Waals surface area (Å²) in [5.74, 6) is 0.829. The predicted molar refractivity (Wildman–Crippen MR) is 190 cm³/mol.